The molecule has 13 rings (SSSR count). The molecule has 0 radical (unpaired) electrons. The fourth-order valence-corrected chi connectivity index (χ4v) is 12.2. The van der Waals surface area contributed by atoms with E-state index in [2.05, 4.69) is 76.8 Å². The molecule has 0 unspecified atom stereocenters. The van der Waals surface area contributed by atoms with Gasteiger partial charge in [0.1, 0.15) is 34.0 Å². The number of nitrogens with zero attached hydrogens (tertiary/aromatic N) is 9. The SMILES string of the molecule is CC(C)(C)OC(=O)Nc1ccc(-c2ccccc2)cc1CC(=O)c1ccc(N2CCCCC2)nc1.COC(=O)c1ccc(Cl)nc1.COC(=O)c1ccc(N2CCCCC2)nc1.Nc1ccc(-c2ccccc2)cc1CC(=O)c1ccc(N2CCNCC2)nc1.O=C(O)c1ccc(N2CCCCC2)nc1. The Hall–Kier alpha value is -11.1. The highest BCUT2D eigenvalue weighted by Crippen LogP contribution is 2.30. The largest absolute Gasteiger partial charge is 0.478 e. The minimum Gasteiger partial charge on any atom is -0.478 e. The lowest BCUT2D eigenvalue weighted by Crippen LogP contribution is -2.43. The number of piperidine rings is 3. The zero-order valence-electron chi connectivity index (χ0n) is 60.3. The minimum atomic E-state index is -0.923. The first-order valence-electron chi connectivity index (χ1n) is 35.6. The number of anilines is 6. The topological polar surface area (TPSA) is 278 Å². The van der Waals surface area contributed by atoms with Crippen LogP contribution in [0.15, 0.2) is 189 Å². The molecule has 0 bridgehead atoms. The van der Waals surface area contributed by atoms with Crippen molar-refractivity contribution in [3.63, 3.8) is 0 Å². The number of carbonyl (C=O) groups excluding carboxylic acids is 5. The molecule has 0 aliphatic carbocycles. The van der Waals surface area contributed by atoms with E-state index in [0.717, 1.165) is 122 Å². The van der Waals surface area contributed by atoms with Crippen molar-refractivity contribution in [2.24, 2.45) is 0 Å². The molecule has 4 aliphatic heterocycles. The molecule has 4 fully saturated rings. The monoisotopic (exact) mass is 1440 g/mol. The van der Waals surface area contributed by atoms with Gasteiger partial charge in [-0.3, -0.25) is 14.9 Å². The van der Waals surface area contributed by atoms with Crippen molar-refractivity contribution in [3.8, 4) is 22.3 Å². The van der Waals surface area contributed by atoms with Gasteiger partial charge in [0.2, 0.25) is 0 Å². The van der Waals surface area contributed by atoms with Crippen LogP contribution in [0, 0.1) is 0 Å². The second-order valence-corrected chi connectivity index (χ2v) is 26.9. The molecule has 1 amide bonds. The number of nitrogens with two attached hydrogens (primary N) is 1. The summed E-state index contributed by atoms with van der Waals surface area (Å²) in [4.78, 5) is 101. The van der Waals surface area contributed by atoms with Gasteiger partial charge in [0, 0.05) is 132 Å². The summed E-state index contributed by atoms with van der Waals surface area (Å²) in [7, 11) is 2.69. The Bertz CT molecular complexity index is 4260. The molecule has 23 heteroatoms. The van der Waals surface area contributed by atoms with Gasteiger partial charge in [0.25, 0.3) is 0 Å². The summed E-state index contributed by atoms with van der Waals surface area (Å²) in [6.45, 7) is 15.4. The lowest BCUT2D eigenvalue weighted by Gasteiger charge is -2.28. The fraction of sp³-hybridized carbons (Fsp3) is 0.329. The molecule has 4 aliphatic rings. The van der Waals surface area contributed by atoms with Crippen LogP contribution in [0.2, 0.25) is 5.15 Å². The van der Waals surface area contributed by atoms with Crippen LogP contribution in [0.1, 0.15) is 141 Å². The van der Waals surface area contributed by atoms with Crippen LogP contribution in [0.3, 0.4) is 0 Å². The number of methoxy groups -OCH3 is 2. The number of halogens is 1. The van der Waals surface area contributed by atoms with Gasteiger partial charge in [-0.05, 0) is 197 Å². The molecule has 0 saturated carbocycles. The maximum atomic E-state index is 13.2. The normalized spacial score (nSPS) is 14.1. The van der Waals surface area contributed by atoms with Crippen molar-refractivity contribution in [2.45, 2.75) is 97.0 Å². The van der Waals surface area contributed by atoms with Crippen LogP contribution >= 0.6 is 11.6 Å². The van der Waals surface area contributed by atoms with E-state index in [9.17, 15) is 28.8 Å². The van der Waals surface area contributed by atoms with Crippen molar-refractivity contribution in [2.75, 3.05) is 110 Å². The first kappa shape index (κ1) is 78.0. The maximum Gasteiger partial charge on any atom is 0.412 e. The molecule has 0 atom stereocenters. The molecule has 9 aromatic rings. The van der Waals surface area contributed by atoms with Crippen molar-refractivity contribution in [1.82, 2.24) is 30.2 Å². The van der Waals surface area contributed by atoms with Gasteiger partial charge >= 0.3 is 24.0 Å². The summed E-state index contributed by atoms with van der Waals surface area (Å²) in [5, 5.41) is 15.2. The third-order valence-electron chi connectivity index (χ3n) is 17.7. The number of Topliss-reactive ketones (excluding diaryl/α,β-unsaturated/α-hetero) is 2. The molecule has 4 aromatic carbocycles. The number of amides is 1. The quantitative estimate of drug-likeness (QED) is 0.0230. The van der Waals surface area contributed by atoms with Crippen LogP contribution in [0.25, 0.3) is 22.3 Å². The predicted molar refractivity (Wildman–Crippen MR) is 413 cm³/mol. The van der Waals surface area contributed by atoms with Crippen LogP contribution < -0.4 is 36.0 Å². The number of hydrogen-bond donors (Lipinski definition) is 4. The van der Waals surface area contributed by atoms with E-state index in [1.165, 1.54) is 90.5 Å². The van der Waals surface area contributed by atoms with Gasteiger partial charge in [-0.15, -0.1) is 0 Å². The van der Waals surface area contributed by atoms with Crippen molar-refractivity contribution in [3.05, 3.63) is 233 Å². The van der Waals surface area contributed by atoms with E-state index in [4.69, 9.17) is 27.2 Å². The second-order valence-electron chi connectivity index (χ2n) is 26.5. The van der Waals surface area contributed by atoms with E-state index in [1.54, 1.807) is 42.9 Å². The van der Waals surface area contributed by atoms with E-state index in [1.807, 2.05) is 136 Å². The van der Waals surface area contributed by atoms with Crippen molar-refractivity contribution in [1.29, 1.82) is 0 Å². The van der Waals surface area contributed by atoms with Crippen LogP contribution in [0.5, 0.6) is 0 Å². The number of ketones is 2. The second kappa shape index (κ2) is 39.5. The highest BCUT2D eigenvalue weighted by molar-refractivity contribution is 6.29. The zero-order chi connectivity index (χ0) is 74.5. The van der Waals surface area contributed by atoms with Crippen LogP contribution in [0.4, 0.5) is 39.4 Å². The van der Waals surface area contributed by atoms with Gasteiger partial charge in [0.15, 0.2) is 11.6 Å². The molecule has 548 valence electrons. The van der Waals surface area contributed by atoms with Gasteiger partial charge in [-0.1, -0.05) is 84.4 Å². The third kappa shape index (κ3) is 24.3. The average molecular weight is 1440 g/mol. The number of carboxylic acid groups (broad SMARTS) is 1. The number of esters is 2. The van der Waals surface area contributed by atoms with E-state index in [0.29, 0.717) is 38.8 Å². The lowest BCUT2D eigenvalue weighted by atomic mass is 9.97. The van der Waals surface area contributed by atoms with Crippen molar-refractivity contribution < 1.29 is 48.1 Å². The number of nitrogen functional groups attached to an aromatic ring is 1. The summed E-state index contributed by atoms with van der Waals surface area (Å²) in [5.74, 6) is 1.98. The maximum absolute atomic E-state index is 13.2. The molecule has 105 heavy (non-hydrogen) atoms. The van der Waals surface area contributed by atoms with E-state index in [-0.39, 0.29) is 35.9 Å². The highest BCUT2D eigenvalue weighted by atomic mass is 35.5. The van der Waals surface area contributed by atoms with Gasteiger partial charge in [-0.2, -0.15) is 0 Å². The molecular formula is C82H93ClN12O10. The number of nitrogens with one attached hydrogen (secondary N) is 2. The Kier molecular flexibility index (Phi) is 29.4. The molecule has 5 N–H and O–H groups in total. The number of carboxylic acids is 1. The number of benzene rings is 4. The first-order chi connectivity index (χ1) is 50.8. The number of pyridine rings is 5. The van der Waals surface area contributed by atoms with E-state index >= 15 is 0 Å². The highest BCUT2D eigenvalue weighted by Gasteiger charge is 2.22. The standard InChI is InChI=1S/C29H33N3O3.C23H24N4O.C12H16N2O2.C11H14N2O2.C7H6ClNO2/c1-29(2,3)35-28(34)31-25-14-12-22(21-10-6-4-7-11-21)18-24(25)19-26(33)23-13-15-27(30-20-23)32-16-8-5-9-17-32;24-21-8-6-18(17-4-2-1-3-5-17)14-20(21)15-22(28)19-7-9-23(26-16-19)27-12-10-25-11-13-27;1-16-12(15)10-5-6-11(13-9-10)14-7-3-2-4-8-14;14-11(15)9-4-5-10(12-8-9)13-6-2-1-3-7-13;1-11-7(10)5-2-3-6(8)9-4-5/h4,6-7,10-15,18,20H,5,8-9,16-17,19H2,1-3H3,(H,31,34);1-9,14,16,25H,10-13,15,24H2;5-6,9H,2-4,7-8H2,1H3;4-5,8H,1-3,6-7H2,(H,14,15);2-4H,1H3. The Morgan fingerprint density at radius 2 is 0.838 bits per heavy atom. The number of aromatic carboxylic acids is 1. The molecule has 0 spiro atoms. The number of rotatable bonds is 16. The number of carbonyl (C=O) groups is 6. The number of ether oxygens (including phenoxy) is 3. The Labute approximate surface area is 619 Å². The molecule has 22 nitrogen and oxygen atoms in total. The predicted octanol–water partition coefficient (Wildman–Crippen LogP) is 14.8. The van der Waals surface area contributed by atoms with Gasteiger partial charge in [-0.25, -0.2) is 44.1 Å². The molecular weight excluding hydrogens is 1350 g/mol. The smallest absolute Gasteiger partial charge is 0.412 e. The Morgan fingerprint density at radius 1 is 0.457 bits per heavy atom. The number of aromatic nitrogens is 5. The number of hydrogen-bond acceptors (Lipinski definition) is 20. The minimum absolute atomic E-state index is 0.0243. The first-order valence-corrected chi connectivity index (χ1v) is 35.9. The summed E-state index contributed by atoms with van der Waals surface area (Å²) >= 11 is 5.50. The van der Waals surface area contributed by atoms with Crippen molar-refractivity contribution >= 4 is 81.8 Å². The summed E-state index contributed by atoms with van der Waals surface area (Å²) in [5.41, 5.74) is 14.8. The zero-order valence-corrected chi connectivity index (χ0v) is 61.1. The number of piperazine rings is 1. The average Bonchev–Trinajstić information content (AvgIpc) is 0.827. The Morgan fingerprint density at radius 3 is 1.23 bits per heavy atom. The summed E-state index contributed by atoms with van der Waals surface area (Å²) < 4.78 is 14.5. The lowest BCUT2D eigenvalue weighted by molar-refractivity contribution is 0.0591. The third-order valence-corrected chi connectivity index (χ3v) is 18.0. The van der Waals surface area contributed by atoms with Crippen LogP contribution in [-0.2, 0) is 27.1 Å². The van der Waals surface area contributed by atoms with Gasteiger partial charge < -0.3 is 50.0 Å². The summed E-state index contributed by atoms with van der Waals surface area (Å²) in [6, 6.07) is 49.3. The molecule has 9 heterocycles. The van der Waals surface area contributed by atoms with Crippen LogP contribution in [-0.4, -0.2) is 151 Å². The molecule has 4 saturated heterocycles. The fourth-order valence-electron chi connectivity index (χ4n) is 12.1. The molecule has 5 aromatic heterocycles. The van der Waals surface area contributed by atoms with E-state index < -0.39 is 23.6 Å². The summed E-state index contributed by atoms with van der Waals surface area (Å²) in [6.07, 6.45) is 18.6. The van der Waals surface area contributed by atoms with Gasteiger partial charge in [0.05, 0.1) is 30.9 Å². The Balaban J connectivity index is 0.000000162.